The van der Waals surface area contributed by atoms with Crippen LogP contribution in [0.5, 0.6) is 0 Å². The van der Waals surface area contributed by atoms with E-state index in [1.54, 1.807) is 0 Å². The van der Waals surface area contributed by atoms with E-state index in [1.807, 2.05) is 0 Å². The maximum atomic E-state index is 5.77. The molecule has 18 heavy (non-hydrogen) atoms. The Bertz CT molecular complexity index is 305. The van der Waals surface area contributed by atoms with E-state index >= 15 is 0 Å². The number of hydrogen-bond acceptors (Lipinski definition) is 1. The maximum Gasteiger partial charge on any atom is 0.195 e. The van der Waals surface area contributed by atoms with Crippen molar-refractivity contribution in [2.75, 3.05) is 13.2 Å². The van der Waals surface area contributed by atoms with E-state index in [4.69, 9.17) is 4.74 Å². The Labute approximate surface area is 112 Å². The average Bonchev–Trinajstić information content (AvgIpc) is 2.80. The third-order valence-corrected chi connectivity index (χ3v) is 3.63. The van der Waals surface area contributed by atoms with Gasteiger partial charge in [-0.2, -0.15) is 0 Å². The molecule has 0 aliphatic carbocycles. The summed E-state index contributed by atoms with van der Waals surface area (Å²) < 4.78 is 5.77. The molecule has 1 heterocycles. The highest BCUT2D eigenvalue weighted by molar-refractivity contribution is 5.03. The van der Waals surface area contributed by atoms with Crippen molar-refractivity contribution in [3.8, 4) is 0 Å². The van der Waals surface area contributed by atoms with E-state index in [9.17, 15) is 0 Å². The SMILES string of the molecule is CC(C)=CCCC(C)=CCC(C)(C)[C@H]1[NH2+]CCO1. The summed E-state index contributed by atoms with van der Waals surface area (Å²) in [5.74, 6) is 0. The number of rotatable bonds is 6. The van der Waals surface area contributed by atoms with E-state index in [0.29, 0.717) is 6.23 Å². The van der Waals surface area contributed by atoms with Crippen LogP contribution in [0.25, 0.3) is 0 Å². The molecule has 2 heteroatoms. The van der Waals surface area contributed by atoms with Crippen LogP contribution in [0, 0.1) is 5.41 Å². The molecule has 104 valence electrons. The van der Waals surface area contributed by atoms with Gasteiger partial charge in [-0.1, -0.05) is 37.1 Å². The molecule has 0 aromatic heterocycles. The smallest absolute Gasteiger partial charge is 0.195 e. The zero-order valence-corrected chi connectivity index (χ0v) is 12.8. The van der Waals surface area contributed by atoms with Crippen molar-refractivity contribution in [2.24, 2.45) is 5.41 Å². The lowest BCUT2D eigenvalue weighted by Crippen LogP contribution is -2.89. The minimum Gasteiger partial charge on any atom is -0.323 e. The molecule has 1 rings (SSSR count). The van der Waals surface area contributed by atoms with Gasteiger partial charge in [0.25, 0.3) is 0 Å². The summed E-state index contributed by atoms with van der Waals surface area (Å²) >= 11 is 0. The Morgan fingerprint density at radius 2 is 2.00 bits per heavy atom. The molecule has 0 aromatic rings. The molecular weight excluding hydrogens is 222 g/mol. The molecule has 0 radical (unpaired) electrons. The van der Waals surface area contributed by atoms with Gasteiger partial charge < -0.3 is 10.1 Å². The minimum atomic E-state index is 0.230. The van der Waals surface area contributed by atoms with Gasteiger partial charge in [0.05, 0.1) is 0 Å². The normalized spacial score (nSPS) is 21.2. The lowest BCUT2D eigenvalue weighted by Gasteiger charge is -2.26. The lowest BCUT2D eigenvalue weighted by atomic mass is 9.86. The van der Waals surface area contributed by atoms with Crippen LogP contribution in [-0.2, 0) is 4.74 Å². The molecule has 0 saturated carbocycles. The van der Waals surface area contributed by atoms with Crippen LogP contribution in [-0.4, -0.2) is 19.4 Å². The lowest BCUT2D eigenvalue weighted by molar-refractivity contribution is -0.704. The van der Waals surface area contributed by atoms with Gasteiger partial charge in [0.1, 0.15) is 13.2 Å². The molecule has 2 N–H and O–H groups in total. The highest BCUT2D eigenvalue weighted by atomic mass is 16.5. The van der Waals surface area contributed by atoms with Gasteiger partial charge in [-0.3, -0.25) is 0 Å². The summed E-state index contributed by atoms with van der Waals surface area (Å²) in [5, 5.41) is 2.33. The monoisotopic (exact) mass is 252 g/mol. The first kappa shape index (κ1) is 15.5. The Kier molecular flexibility index (Phi) is 6.10. The van der Waals surface area contributed by atoms with Gasteiger partial charge >= 0.3 is 0 Å². The fourth-order valence-corrected chi connectivity index (χ4v) is 2.27. The quantitative estimate of drug-likeness (QED) is 0.723. The summed E-state index contributed by atoms with van der Waals surface area (Å²) in [6, 6.07) is 0. The molecule has 0 amide bonds. The number of nitrogens with two attached hydrogens (primary N) is 1. The first-order chi connectivity index (χ1) is 8.42. The van der Waals surface area contributed by atoms with Crippen molar-refractivity contribution in [3.05, 3.63) is 23.3 Å². The van der Waals surface area contributed by atoms with Crippen LogP contribution in [0.3, 0.4) is 0 Å². The largest absolute Gasteiger partial charge is 0.323 e. The molecule has 0 aromatic carbocycles. The molecule has 1 aliphatic rings. The van der Waals surface area contributed by atoms with Crippen molar-refractivity contribution < 1.29 is 10.1 Å². The fraction of sp³-hybridized carbons (Fsp3) is 0.750. The maximum absolute atomic E-state index is 5.77. The van der Waals surface area contributed by atoms with Crippen molar-refractivity contribution in [1.29, 1.82) is 0 Å². The minimum absolute atomic E-state index is 0.230. The molecular formula is C16H30NO+. The first-order valence-electron chi connectivity index (χ1n) is 7.16. The second kappa shape index (κ2) is 7.10. The average molecular weight is 252 g/mol. The van der Waals surface area contributed by atoms with Crippen LogP contribution < -0.4 is 5.32 Å². The molecule has 1 saturated heterocycles. The van der Waals surface area contributed by atoms with E-state index in [-0.39, 0.29) is 5.41 Å². The predicted molar refractivity (Wildman–Crippen MR) is 77.4 cm³/mol. The number of quaternary nitrogens is 1. The first-order valence-corrected chi connectivity index (χ1v) is 7.16. The van der Waals surface area contributed by atoms with Crippen LogP contribution >= 0.6 is 0 Å². The Hall–Kier alpha value is -0.600. The highest BCUT2D eigenvalue weighted by Gasteiger charge is 2.35. The Balaban J connectivity index is 2.38. The van der Waals surface area contributed by atoms with Gasteiger partial charge in [0.2, 0.25) is 0 Å². The number of ether oxygens (including phenoxy) is 1. The summed E-state index contributed by atoms with van der Waals surface area (Å²) in [6.45, 7) is 13.2. The van der Waals surface area contributed by atoms with Crippen molar-refractivity contribution in [2.45, 2.75) is 60.1 Å². The van der Waals surface area contributed by atoms with Crippen molar-refractivity contribution >= 4 is 0 Å². The zero-order chi connectivity index (χ0) is 13.6. The van der Waals surface area contributed by atoms with Gasteiger partial charge in [-0.05, 0) is 40.0 Å². The van der Waals surface area contributed by atoms with Crippen LogP contribution in [0.4, 0.5) is 0 Å². The highest BCUT2D eigenvalue weighted by Crippen LogP contribution is 2.26. The summed E-state index contributed by atoms with van der Waals surface area (Å²) in [4.78, 5) is 0. The molecule has 0 spiro atoms. The molecule has 0 unspecified atom stereocenters. The van der Waals surface area contributed by atoms with E-state index in [0.717, 1.165) is 26.0 Å². The van der Waals surface area contributed by atoms with Crippen molar-refractivity contribution in [3.63, 3.8) is 0 Å². The van der Waals surface area contributed by atoms with Gasteiger partial charge in [0.15, 0.2) is 6.23 Å². The summed E-state index contributed by atoms with van der Waals surface area (Å²) in [5.41, 5.74) is 3.14. The molecule has 1 fully saturated rings. The van der Waals surface area contributed by atoms with Gasteiger partial charge in [0, 0.05) is 5.41 Å². The second-order valence-corrected chi connectivity index (χ2v) is 6.38. The summed E-state index contributed by atoms with van der Waals surface area (Å²) in [6.07, 6.45) is 8.49. The van der Waals surface area contributed by atoms with Crippen LogP contribution in [0.1, 0.15) is 53.9 Å². The molecule has 0 bridgehead atoms. The zero-order valence-electron chi connectivity index (χ0n) is 12.8. The topological polar surface area (TPSA) is 25.8 Å². The standard InChI is InChI=1S/C16H29NO/c1-13(2)7-6-8-14(3)9-10-16(4,5)15-17-11-12-18-15/h7,9,15,17H,6,8,10-12H2,1-5H3/p+1/t15-/m0/s1. The third kappa shape index (κ3) is 5.36. The molecule has 2 nitrogen and oxygen atoms in total. The summed E-state index contributed by atoms with van der Waals surface area (Å²) in [7, 11) is 0. The van der Waals surface area contributed by atoms with E-state index in [1.165, 1.54) is 17.6 Å². The third-order valence-electron chi connectivity index (χ3n) is 3.63. The van der Waals surface area contributed by atoms with Gasteiger partial charge in [-0.25, -0.2) is 0 Å². The molecule has 1 atom stereocenters. The second-order valence-electron chi connectivity index (χ2n) is 6.38. The van der Waals surface area contributed by atoms with Gasteiger partial charge in [-0.15, -0.1) is 0 Å². The van der Waals surface area contributed by atoms with Crippen LogP contribution in [0.2, 0.25) is 0 Å². The van der Waals surface area contributed by atoms with E-state index in [2.05, 4.69) is 52.1 Å². The Morgan fingerprint density at radius 1 is 1.28 bits per heavy atom. The van der Waals surface area contributed by atoms with E-state index < -0.39 is 0 Å². The fourth-order valence-electron chi connectivity index (χ4n) is 2.27. The predicted octanol–water partition coefficient (Wildman–Crippen LogP) is 3.02. The number of allylic oxidation sites excluding steroid dienone is 4. The molecule has 1 aliphatic heterocycles. The number of hydrogen-bond donors (Lipinski definition) is 1. The van der Waals surface area contributed by atoms with Crippen LogP contribution in [0.15, 0.2) is 23.3 Å². The van der Waals surface area contributed by atoms with Crippen molar-refractivity contribution in [1.82, 2.24) is 0 Å². The Morgan fingerprint density at radius 3 is 2.56 bits per heavy atom.